The predicted molar refractivity (Wildman–Crippen MR) is 90.9 cm³/mol. The van der Waals surface area contributed by atoms with Crippen molar-refractivity contribution in [3.05, 3.63) is 52.1 Å². The molecular formula is C17H22N4O3. The number of aryl methyl sites for hydroxylation is 2. The molecule has 1 atom stereocenters. The Bertz CT molecular complexity index is 735. The van der Waals surface area contributed by atoms with Gasteiger partial charge in [0.1, 0.15) is 17.6 Å². The number of nitro groups is 1. The maximum absolute atomic E-state index is 11.3. The van der Waals surface area contributed by atoms with Crippen molar-refractivity contribution < 1.29 is 10.0 Å². The SMILES string of the molecule is Cc1cccc([N+](=O)[O-])c1N1CCC(C(O)c2nccn2C)CC1. The highest BCUT2D eigenvalue weighted by molar-refractivity contribution is 5.67. The number of nitrogens with zero attached hydrogens (tertiary/aromatic N) is 4. The molecule has 1 aromatic carbocycles. The van der Waals surface area contributed by atoms with Crippen LogP contribution in [0.2, 0.25) is 0 Å². The maximum atomic E-state index is 11.3. The Morgan fingerprint density at radius 1 is 1.38 bits per heavy atom. The Balaban J connectivity index is 1.74. The van der Waals surface area contributed by atoms with E-state index in [1.165, 1.54) is 0 Å². The van der Waals surface area contributed by atoms with Crippen molar-refractivity contribution in [2.45, 2.75) is 25.9 Å². The average Bonchev–Trinajstić information content (AvgIpc) is 3.00. The third kappa shape index (κ3) is 2.99. The molecule has 1 fully saturated rings. The molecule has 7 heteroatoms. The van der Waals surface area contributed by atoms with E-state index in [-0.39, 0.29) is 16.5 Å². The van der Waals surface area contributed by atoms with Gasteiger partial charge in [0.2, 0.25) is 0 Å². The van der Waals surface area contributed by atoms with E-state index in [9.17, 15) is 15.2 Å². The summed E-state index contributed by atoms with van der Waals surface area (Å²) in [6, 6.07) is 5.17. The smallest absolute Gasteiger partial charge is 0.292 e. The lowest BCUT2D eigenvalue weighted by atomic mass is 9.90. The highest BCUT2D eigenvalue weighted by Gasteiger charge is 2.31. The second-order valence-electron chi connectivity index (χ2n) is 6.37. The van der Waals surface area contributed by atoms with Crippen molar-refractivity contribution in [3.8, 4) is 0 Å². The standard InChI is InChI=1S/C17H22N4O3/c1-12-4-3-5-14(21(23)24)15(12)20-9-6-13(7-10-20)16(22)17-18-8-11-19(17)2/h3-5,8,11,13,16,22H,6-7,9-10H2,1-2H3. The molecule has 1 saturated heterocycles. The fourth-order valence-electron chi connectivity index (χ4n) is 3.51. The van der Waals surface area contributed by atoms with Gasteiger partial charge in [-0.2, -0.15) is 0 Å². The molecule has 128 valence electrons. The van der Waals surface area contributed by atoms with Gasteiger partial charge in [-0.05, 0) is 31.2 Å². The van der Waals surface area contributed by atoms with Crippen molar-refractivity contribution >= 4 is 11.4 Å². The van der Waals surface area contributed by atoms with Crippen LogP contribution in [-0.2, 0) is 7.05 Å². The molecule has 1 N–H and O–H groups in total. The van der Waals surface area contributed by atoms with E-state index in [0.29, 0.717) is 24.6 Å². The predicted octanol–water partition coefficient (Wildman–Crippen LogP) is 2.59. The summed E-state index contributed by atoms with van der Waals surface area (Å²) in [5, 5.41) is 21.9. The molecule has 7 nitrogen and oxygen atoms in total. The molecule has 3 rings (SSSR count). The number of hydrogen-bond donors (Lipinski definition) is 1. The number of aromatic nitrogens is 2. The van der Waals surface area contributed by atoms with E-state index in [4.69, 9.17) is 0 Å². The van der Waals surface area contributed by atoms with Crippen LogP contribution in [0, 0.1) is 23.0 Å². The highest BCUT2D eigenvalue weighted by Crippen LogP contribution is 2.36. The molecule has 1 aliphatic rings. The lowest BCUT2D eigenvalue weighted by Crippen LogP contribution is -2.36. The normalized spacial score (nSPS) is 17.0. The second kappa shape index (κ2) is 6.60. The van der Waals surface area contributed by atoms with Crippen molar-refractivity contribution in [1.29, 1.82) is 0 Å². The molecule has 2 heterocycles. The summed E-state index contributed by atoms with van der Waals surface area (Å²) in [5.74, 6) is 0.792. The summed E-state index contributed by atoms with van der Waals surface area (Å²) in [5.41, 5.74) is 1.76. The van der Waals surface area contributed by atoms with Gasteiger partial charge in [-0.1, -0.05) is 12.1 Å². The average molecular weight is 330 g/mol. The molecule has 0 spiro atoms. The lowest BCUT2D eigenvalue weighted by Gasteiger charge is -2.35. The van der Waals surface area contributed by atoms with E-state index < -0.39 is 6.10 Å². The van der Waals surface area contributed by atoms with Crippen LogP contribution in [-0.4, -0.2) is 32.7 Å². The molecule has 0 bridgehead atoms. The summed E-state index contributed by atoms with van der Waals surface area (Å²) in [4.78, 5) is 17.3. The molecule has 0 aliphatic carbocycles. The van der Waals surface area contributed by atoms with E-state index >= 15 is 0 Å². The van der Waals surface area contributed by atoms with Crippen LogP contribution in [0.1, 0.15) is 30.3 Å². The number of hydrogen-bond acceptors (Lipinski definition) is 5. The minimum Gasteiger partial charge on any atom is -0.385 e. The number of benzene rings is 1. The quantitative estimate of drug-likeness (QED) is 0.688. The third-order valence-electron chi connectivity index (χ3n) is 4.84. The first-order valence-electron chi connectivity index (χ1n) is 8.13. The zero-order valence-electron chi connectivity index (χ0n) is 13.9. The van der Waals surface area contributed by atoms with Crippen molar-refractivity contribution in [2.24, 2.45) is 13.0 Å². The molecule has 0 saturated carbocycles. The molecule has 0 amide bonds. The Hall–Kier alpha value is -2.41. The van der Waals surface area contributed by atoms with E-state index in [1.54, 1.807) is 18.3 Å². The maximum Gasteiger partial charge on any atom is 0.292 e. The number of aliphatic hydroxyl groups is 1. The van der Waals surface area contributed by atoms with Gasteiger partial charge in [-0.25, -0.2) is 4.98 Å². The topological polar surface area (TPSA) is 84.4 Å². The summed E-state index contributed by atoms with van der Waals surface area (Å²) in [7, 11) is 1.87. The number of nitro benzene ring substituents is 1. The van der Waals surface area contributed by atoms with Crippen LogP contribution in [0.4, 0.5) is 11.4 Å². The molecule has 1 aromatic heterocycles. The summed E-state index contributed by atoms with van der Waals surface area (Å²) in [6.45, 7) is 3.28. The van der Waals surface area contributed by atoms with Gasteiger partial charge >= 0.3 is 0 Å². The molecule has 2 aromatic rings. The fraction of sp³-hybridized carbons (Fsp3) is 0.471. The Kier molecular flexibility index (Phi) is 4.53. The van der Waals surface area contributed by atoms with Crippen molar-refractivity contribution in [1.82, 2.24) is 9.55 Å². The Morgan fingerprint density at radius 2 is 2.08 bits per heavy atom. The van der Waals surface area contributed by atoms with Gasteiger partial charge in [0.25, 0.3) is 5.69 Å². The zero-order chi connectivity index (χ0) is 17.3. The minimum atomic E-state index is -0.598. The monoisotopic (exact) mass is 330 g/mol. The van der Waals surface area contributed by atoms with Crippen LogP contribution < -0.4 is 4.90 Å². The van der Waals surface area contributed by atoms with E-state index in [1.807, 2.05) is 30.8 Å². The lowest BCUT2D eigenvalue weighted by molar-refractivity contribution is -0.384. The van der Waals surface area contributed by atoms with Crippen LogP contribution in [0.5, 0.6) is 0 Å². The number of anilines is 1. The first kappa shape index (κ1) is 16.4. The van der Waals surface area contributed by atoms with Crippen LogP contribution in [0.25, 0.3) is 0 Å². The summed E-state index contributed by atoms with van der Waals surface area (Å²) >= 11 is 0. The van der Waals surface area contributed by atoms with E-state index in [2.05, 4.69) is 9.88 Å². The molecule has 0 radical (unpaired) electrons. The molecule has 1 unspecified atom stereocenters. The Labute approximate surface area is 140 Å². The zero-order valence-corrected chi connectivity index (χ0v) is 13.9. The first-order chi connectivity index (χ1) is 11.5. The number of rotatable bonds is 4. The van der Waals surface area contributed by atoms with Gasteiger partial charge in [0.05, 0.1) is 4.92 Å². The molecular weight excluding hydrogens is 308 g/mol. The first-order valence-corrected chi connectivity index (χ1v) is 8.13. The largest absolute Gasteiger partial charge is 0.385 e. The van der Waals surface area contributed by atoms with Crippen molar-refractivity contribution in [3.63, 3.8) is 0 Å². The van der Waals surface area contributed by atoms with Gasteiger partial charge in [0, 0.05) is 38.6 Å². The number of piperidine rings is 1. The third-order valence-corrected chi connectivity index (χ3v) is 4.84. The number of aliphatic hydroxyl groups excluding tert-OH is 1. The summed E-state index contributed by atoms with van der Waals surface area (Å²) < 4.78 is 1.84. The van der Waals surface area contributed by atoms with Crippen LogP contribution in [0.3, 0.4) is 0 Å². The fourth-order valence-corrected chi connectivity index (χ4v) is 3.51. The van der Waals surface area contributed by atoms with Crippen LogP contribution in [0.15, 0.2) is 30.6 Å². The van der Waals surface area contributed by atoms with Crippen LogP contribution >= 0.6 is 0 Å². The van der Waals surface area contributed by atoms with Gasteiger partial charge in [-0.3, -0.25) is 10.1 Å². The number of imidazole rings is 1. The molecule has 24 heavy (non-hydrogen) atoms. The van der Waals surface area contributed by atoms with Gasteiger partial charge in [-0.15, -0.1) is 0 Å². The second-order valence-corrected chi connectivity index (χ2v) is 6.37. The minimum absolute atomic E-state index is 0.116. The molecule has 1 aliphatic heterocycles. The number of para-hydroxylation sites is 1. The van der Waals surface area contributed by atoms with Gasteiger partial charge < -0.3 is 14.6 Å². The summed E-state index contributed by atoms with van der Waals surface area (Å²) in [6.07, 6.45) is 4.47. The van der Waals surface area contributed by atoms with Gasteiger partial charge in [0.15, 0.2) is 0 Å². The van der Waals surface area contributed by atoms with Crippen molar-refractivity contribution in [2.75, 3.05) is 18.0 Å². The van der Waals surface area contributed by atoms with E-state index in [0.717, 1.165) is 18.4 Å². The highest BCUT2D eigenvalue weighted by atomic mass is 16.6. The Morgan fingerprint density at radius 3 is 2.67 bits per heavy atom.